The number of fused-ring (bicyclic) bond motifs is 1. The molecule has 2 atom stereocenters. The zero-order valence-electron chi connectivity index (χ0n) is 9.15. The van der Waals surface area contributed by atoms with E-state index >= 15 is 0 Å². The van der Waals surface area contributed by atoms with E-state index in [1.807, 2.05) is 6.92 Å². The Morgan fingerprint density at radius 2 is 2.41 bits per heavy atom. The van der Waals surface area contributed by atoms with Gasteiger partial charge in [-0.15, -0.1) is 9.61 Å². The lowest BCUT2D eigenvalue weighted by atomic mass is 10.3. The molecule has 1 aliphatic rings. The van der Waals surface area contributed by atoms with Crippen LogP contribution >= 0.6 is 0 Å². The minimum absolute atomic E-state index is 0.240. The number of ether oxygens (including phenoxy) is 1. The number of tetrazole rings is 1. The quantitative estimate of drug-likeness (QED) is 0.674. The van der Waals surface area contributed by atoms with Gasteiger partial charge in [-0.1, -0.05) is 0 Å². The molecule has 0 unspecified atom stereocenters. The van der Waals surface area contributed by atoms with Gasteiger partial charge in [-0.3, -0.25) is 4.57 Å². The molecule has 8 nitrogen and oxygen atoms in total. The lowest BCUT2D eigenvalue weighted by Crippen LogP contribution is -2.30. The van der Waals surface area contributed by atoms with Crippen LogP contribution in [0, 0.1) is 6.92 Å². The van der Waals surface area contributed by atoms with Crippen molar-refractivity contribution in [3.8, 4) is 0 Å². The molecular weight excluding hydrogens is 226 g/mol. The highest BCUT2D eigenvalue weighted by Crippen LogP contribution is 2.22. The van der Waals surface area contributed by atoms with Crippen molar-refractivity contribution in [1.82, 2.24) is 24.6 Å². The number of aliphatic hydroxyl groups is 1. The summed E-state index contributed by atoms with van der Waals surface area (Å²) in [5.41, 5.74) is 0.846. The zero-order chi connectivity index (χ0) is 12.0. The van der Waals surface area contributed by atoms with Gasteiger partial charge in [0.1, 0.15) is 6.23 Å². The maximum absolute atomic E-state index is 12.1. The average Bonchev–Trinajstić information content (AvgIpc) is 2.91. The Morgan fingerprint density at radius 1 is 1.59 bits per heavy atom. The molecule has 0 aromatic carbocycles. The summed E-state index contributed by atoms with van der Waals surface area (Å²) in [6, 6.07) is 0. The third-order valence-electron chi connectivity index (χ3n) is 2.82. The molecule has 0 saturated carbocycles. The Labute approximate surface area is 95.4 Å². The molecule has 17 heavy (non-hydrogen) atoms. The van der Waals surface area contributed by atoms with E-state index in [9.17, 15) is 9.90 Å². The van der Waals surface area contributed by atoms with Crippen LogP contribution in [0.25, 0.3) is 5.65 Å². The second-order valence-electron chi connectivity index (χ2n) is 4.09. The van der Waals surface area contributed by atoms with Crippen LogP contribution in [0.4, 0.5) is 0 Å². The van der Waals surface area contributed by atoms with Crippen molar-refractivity contribution in [2.24, 2.45) is 0 Å². The predicted octanol–water partition coefficient (Wildman–Crippen LogP) is -1.13. The van der Waals surface area contributed by atoms with E-state index < -0.39 is 12.3 Å². The molecule has 1 saturated heterocycles. The number of nitrogens with zero attached hydrogens (tertiary/aromatic N) is 5. The van der Waals surface area contributed by atoms with Gasteiger partial charge in [0, 0.05) is 18.2 Å². The lowest BCUT2D eigenvalue weighted by molar-refractivity contribution is 0.0442. The summed E-state index contributed by atoms with van der Waals surface area (Å²) in [6.07, 6.45) is 1.06. The van der Waals surface area contributed by atoms with Gasteiger partial charge in [0.25, 0.3) is 0 Å². The van der Waals surface area contributed by atoms with Gasteiger partial charge in [-0.05, 0) is 17.4 Å². The first-order valence-electron chi connectivity index (χ1n) is 5.26. The molecule has 2 aromatic heterocycles. The van der Waals surface area contributed by atoms with E-state index in [2.05, 4.69) is 15.5 Å². The van der Waals surface area contributed by atoms with E-state index in [1.54, 1.807) is 6.20 Å². The normalized spacial score (nSPS) is 24.6. The van der Waals surface area contributed by atoms with Gasteiger partial charge in [0.05, 0.1) is 12.7 Å². The highest BCUT2D eigenvalue weighted by atomic mass is 16.5. The minimum atomic E-state index is -0.531. The molecule has 2 aromatic rings. The van der Waals surface area contributed by atoms with Crippen molar-refractivity contribution in [1.29, 1.82) is 0 Å². The first-order valence-corrected chi connectivity index (χ1v) is 5.26. The molecule has 0 radical (unpaired) electrons. The number of rotatable bonds is 1. The van der Waals surface area contributed by atoms with E-state index in [4.69, 9.17) is 4.74 Å². The largest absolute Gasteiger partial charge is 0.391 e. The summed E-state index contributed by atoms with van der Waals surface area (Å²) < 4.78 is 7.88. The standard InChI is InChI=1S/C9H11N5O3/c1-5-3-13(7-2-6(15)4-17-7)9(16)14-8(5)10-11-12-14/h3,6-7,15H,2,4H2,1H3/t6-,7+/m0/s1. The SMILES string of the molecule is Cc1cn([C@H]2C[C@H](O)CO2)c(=O)n2nnnc12. The van der Waals surface area contributed by atoms with Crippen LogP contribution in [0.1, 0.15) is 18.2 Å². The lowest BCUT2D eigenvalue weighted by Gasteiger charge is -2.13. The van der Waals surface area contributed by atoms with Gasteiger partial charge in [-0.2, -0.15) is 0 Å². The van der Waals surface area contributed by atoms with Gasteiger partial charge >= 0.3 is 5.69 Å². The van der Waals surface area contributed by atoms with Crippen LogP contribution in [0.15, 0.2) is 11.0 Å². The first kappa shape index (κ1) is 10.4. The molecule has 3 rings (SSSR count). The molecule has 0 aliphatic carbocycles. The Morgan fingerprint density at radius 3 is 3.12 bits per heavy atom. The molecule has 1 fully saturated rings. The number of aliphatic hydroxyl groups excluding tert-OH is 1. The molecule has 3 heterocycles. The van der Waals surface area contributed by atoms with Crippen LogP contribution in [-0.4, -0.2) is 42.4 Å². The molecule has 0 amide bonds. The summed E-state index contributed by atoms with van der Waals surface area (Å²) in [7, 11) is 0. The van der Waals surface area contributed by atoms with Gasteiger partial charge in [0.2, 0.25) is 0 Å². The molecule has 0 bridgehead atoms. The van der Waals surface area contributed by atoms with Crippen molar-refractivity contribution in [2.45, 2.75) is 25.7 Å². The molecule has 1 aliphatic heterocycles. The summed E-state index contributed by atoms with van der Waals surface area (Å²) in [5.74, 6) is 0. The Balaban J connectivity index is 2.17. The monoisotopic (exact) mass is 237 g/mol. The number of hydrogen-bond donors (Lipinski definition) is 1. The second kappa shape index (κ2) is 3.60. The topological polar surface area (TPSA) is 94.5 Å². The van der Waals surface area contributed by atoms with Crippen molar-refractivity contribution in [3.05, 3.63) is 22.2 Å². The minimum Gasteiger partial charge on any atom is -0.391 e. The third-order valence-corrected chi connectivity index (χ3v) is 2.82. The van der Waals surface area contributed by atoms with Crippen molar-refractivity contribution < 1.29 is 9.84 Å². The van der Waals surface area contributed by atoms with Crippen LogP contribution in [0.3, 0.4) is 0 Å². The molecule has 0 spiro atoms. The number of aromatic nitrogens is 5. The van der Waals surface area contributed by atoms with Gasteiger partial charge in [0.15, 0.2) is 5.65 Å². The second-order valence-corrected chi connectivity index (χ2v) is 4.09. The summed E-state index contributed by atoms with van der Waals surface area (Å²) in [4.78, 5) is 12.1. The maximum atomic E-state index is 12.1. The van der Waals surface area contributed by atoms with Crippen molar-refractivity contribution >= 4 is 5.65 Å². The molecule has 8 heteroatoms. The molecule has 1 N–H and O–H groups in total. The van der Waals surface area contributed by atoms with Crippen molar-refractivity contribution in [3.63, 3.8) is 0 Å². The fraction of sp³-hybridized carbons (Fsp3) is 0.556. The van der Waals surface area contributed by atoms with Crippen LogP contribution in [0.5, 0.6) is 0 Å². The average molecular weight is 237 g/mol. The van der Waals surface area contributed by atoms with E-state index in [0.717, 1.165) is 10.1 Å². The predicted molar refractivity (Wildman–Crippen MR) is 55.4 cm³/mol. The summed E-state index contributed by atoms with van der Waals surface area (Å²) >= 11 is 0. The van der Waals surface area contributed by atoms with Crippen LogP contribution < -0.4 is 5.69 Å². The molecular formula is C9H11N5O3. The van der Waals surface area contributed by atoms with Crippen LogP contribution in [-0.2, 0) is 4.74 Å². The fourth-order valence-electron chi connectivity index (χ4n) is 1.98. The summed E-state index contributed by atoms with van der Waals surface area (Å²) in [6.45, 7) is 2.05. The highest BCUT2D eigenvalue weighted by Gasteiger charge is 2.26. The van der Waals surface area contributed by atoms with E-state index in [1.165, 1.54) is 4.57 Å². The molecule has 90 valence electrons. The van der Waals surface area contributed by atoms with Gasteiger partial charge in [-0.25, -0.2) is 4.79 Å². The number of aryl methyl sites for hydroxylation is 1. The highest BCUT2D eigenvalue weighted by molar-refractivity contribution is 5.42. The Bertz CT molecular complexity index is 619. The van der Waals surface area contributed by atoms with Crippen LogP contribution in [0.2, 0.25) is 0 Å². The summed E-state index contributed by atoms with van der Waals surface area (Å²) in [5, 5.41) is 20.3. The van der Waals surface area contributed by atoms with E-state index in [0.29, 0.717) is 12.1 Å². The zero-order valence-corrected chi connectivity index (χ0v) is 9.15. The van der Waals surface area contributed by atoms with Gasteiger partial charge < -0.3 is 9.84 Å². The Hall–Kier alpha value is -1.80. The fourth-order valence-corrected chi connectivity index (χ4v) is 1.98. The van der Waals surface area contributed by atoms with E-state index in [-0.39, 0.29) is 12.3 Å². The first-order chi connectivity index (χ1) is 8.16. The smallest absolute Gasteiger partial charge is 0.354 e. The Kier molecular flexibility index (Phi) is 2.20. The maximum Gasteiger partial charge on any atom is 0.354 e. The third kappa shape index (κ3) is 1.53. The number of hydrogen-bond acceptors (Lipinski definition) is 6. The van der Waals surface area contributed by atoms with Crippen molar-refractivity contribution in [2.75, 3.05) is 6.61 Å².